The zero-order chi connectivity index (χ0) is 12.3. The van der Waals surface area contributed by atoms with Crippen molar-refractivity contribution in [2.45, 2.75) is 32.4 Å². The van der Waals surface area contributed by atoms with Gasteiger partial charge in [0.05, 0.1) is 17.6 Å². The molecule has 0 saturated heterocycles. The molecule has 1 N–H and O–H groups in total. The third-order valence-electron chi connectivity index (χ3n) is 2.79. The molecule has 1 unspecified atom stereocenters. The van der Waals surface area contributed by atoms with Crippen molar-refractivity contribution in [2.75, 3.05) is 0 Å². The Morgan fingerprint density at radius 3 is 2.94 bits per heavy atom. The molecule has 2 rings (SSSR count). The molecule has 0 spiro atoms. The first-order valence-corrected chi connectivity index (χ1v) is 5.84. The molecule has 0 aliphatic rings. The summed E-state index contributed by atoms with van der Waals surface area (Å²) in [6.45, 7) is 2.48. The maximum Gasteiger partial charge on any atom is 0.139 e. The van der Waals surface area contributed by atoms with E-state index in [1.165, 1.54) is 0 Å². The van der Waals surface area contributed by atoms with Gasteiger partial charge in [-0.15, -0.1) is 6.42 Å². The lowest BCUT2D eigenvalue weighted by Gasteiger charge is -2.10. The van der Waals surface area contributed by atoms with E-state index in [-0.39, 0.29) is 0 Å². The third-order valence-corrected chi connectivity index (χ3v) is 2.79. The monoisotopic (exact) mass is 228 g/mol. The van der Waals surface area contributed by atoms with Crippen molar-refractivity contribution in [3.8, 4) is 12.3 Å². The van der Waals surface area contributed by atoms with E-state index in [0.717, 1.165) is 17.5 Å². The highest BCUT2D eigenvalue weighted by molar-refractivity contribution is 5.76. The average molecular weight is 228 g/mol. The summed E-state index contributed by atoms with van der Waals surface area (Å²) in [7, 11) is 0. The van der Waals surface area contributed by atoms with Gasteiger partial charge in [-0.1, -0.05) is 31.4 Å². The lowest BCUT2D eigenvalue weighted by atomic mass is 10.2. The number of terminal acetylenes is 1. The summed E-state index contributed by atoms with van der Waals surface area (Å²) >= 11 is 0. The molecule has 0 radical (unpaired) electrons. The standard InChI is InChI=1S/C14H16N2O/c1-3-7-13(17)14-15-11-8-5-6-9-12(11)16(14)10-4-2/h2,5-6,8-9,13,17H,3,7,10H2,1H3. The van der Waals surface area contributed by atoms with Crippen LogP contribution in [0.15, 0.2) is 24.3 Å². The number of aliphatic hydroxyl groups is 1. The van der Waals surface area contributed by atoms with Crippen molar-refractivity contribution in [3.05, 3.63) is 30.1 Å². The number of fused-ring (bicyclic) bond motifs is 1. The van der Waals surface area contributed by atoms with E-state index >= 15 is 0 Å². The number of aromatic nitrogens is 2. The van der Waals surface area contributed by atoms with Crippen LogP contribution in [0.2, 0.25) is 0 Å². The summed E-state index contributed by atoms with van der Waals surface area (Å²) in [5, 5.41) is 10.1. The predicted molar refractivity (Wildman–Crippen MR) is 68.4 cm³/mol. The van der Waals surface area contributed by atoms with Gasteiger partial charge in [-0.25, -0.2) is 4.98 Å². The quantitative estimate of drug-likeness (QED) is 0.816. The first kappa shape index (κ1) is 11.7. The van der Waals surface area contributed by atoms with Crippen LogP contribution in [0.1, 0.15) is 31.7 Å². The second-order valence-electron chi connectivity index (χ2n) is 4.05. The number of nitrogens with zero attached hydrogens (tertiary/aromatic N) is 2. The molecule has 0 aliphatic carbocycles. The molecule has 0 fully saturated rings. The van der Waals surface area contributed by atoms with E-state index in [2.05, 4.69) is 10.9 Å². The molecular weight excluding hydrogens is 212 g/mol. The second kappa shape index (κ2) is 5.03. The van der Waals surface area contributed by atoms with Gasteiger partial charge in [0, 0.05) is 0 Å². The fourth-order valence-electron chi connectivity index (χ4n) is 2.01. The van der Waals surface area contributed by atoms with E-state index in [4.69, 9.17) is 6.42 Å². The molecule has 88 valence electrons. The normalized spacial score (nSPS) is 12.5. The minimum absolute atomic E-state index is 0.441. The van der Waals surface area contributed by atoms with Crippen LogP contribution >= 0.6 is 0 Å². The van der Waals surface area contributed by atoms with Gasteiger partial charge in [-0.3, -0.25) is 0 Å². The minimum atomic E-state index is -0.541. The second-order valence-corrected chi connectivity index (χ2v) is 4.05. The molecule has 0 aliphatic heterocycles. The van der Waals surface area contributed by atoms with E-state index < -0.39 is 6.10 Å². The molecule has 1 aromatic carbocycles. The predicted octanol–water partition coefficient (Wildman–Crippen LogP) is 2.50. The smallest absolute Gasteiger partial charge is 0.139 e. The van der Waals surface area contributed by atoms with E-state index in [1.807, 2.05) is 35.8 Å². The summed E-state index contributed by atoms with van der Waals surface area (Å²) in [5.41, 5.74) is 1.86. The minimum Gasteiger partial charge on any atom is -0.385 e. The van der Waals surface area contributed by atoms with Crippen molar-refractivity contribution in [2.24, 2.45) is 0 Å². The zero-order valence-corrected chi connectivity index (χ0v) is 9.93. The Hall–Kier alpha value is -1.79. The van der Waals surface area contributed by atoms with Gasteiger partial charge in [0.15, 0.2) is 0 Å². The highest BCUT2D eigenvalue weighted by Crippen LogP contribution is 2.23. The average Bonchev–Trinajstić information content (AvgIpc) is 2.70. The lowest BCUT2D eigenvalue weighted by molar-refractivity contribution is 0.153. The first-order valence-electron chi connectivity index (χ1n) is 5.84. The lowest BCUT2D eigenvalue weighted by Crippen LogP contribution is -2.08. The molecule has 1 heterocycles. The van der Waals surface area contributed by atoms with Gasteiger partial charge < -0.3 is 9.67 Å². The van der Waals surface area contributed by atoms with Gasteiger partial charge in [0.25, 0.3) is 0 Å². The third kappa shape index (κ3) is 2.17. The fourth-order valence-corrected chi connectivity index (χ4v) is 2.01. The van der Waals surface area contributed by atoms with Crippen molar-refractivity contribution in [3.63, 3.8) is 0 Å². The molecule has 0 amide bonds. The maximum absolute atomic E-state index is 10.1. The van der Waals surface area contributed by atoms with Crippen molar-refractivity contribution >= 4 is 11.0 Å². The zero-order valence-electron chi connectivity index (χ0n) is 9.93. The first-order chi connectivity index (χ1) is 8.27. The number of aliphatic hydroxyl groups excluding tert-OH is 1. The number of hydrogen-bond donors (Lipinski definition) is 1. The van der Waals surface area contributed by atoms with Gasteiger partial charge >= 0.3 is 0 Å². The number of imidazole rings is 1. The molecular formula is C14H16N2O. The maximum atomic E-state index is 10.1. The molecule has 3 nitrogen and oxygen atoms in total. The molecule has 0 saturated carbocycles. The molecule has 3 heteroatoms. The Morgan fingerprint density at radius 1 is 1.47 bits per heavy atom. The number of benzene rings is 1. The number of rotatable bonds is 4. The topological polar surface area (TPSA) is 38.0 Å². The van der Waals surface area contributed by atoms with Gasteiger partial charge in [-0.05, 0) is 18.6 Å². The summed E-state index contributed by atoms with van der Waals surface area (Å²) in [5.74, 6) is 3.28. The van der Waals surface area contributed by atoms with Gasteiger partial charge in [-0.2, -0.15) is 0 Å². The van der Waals surface area contributed by atoms with Gasteiger partial charge in [0.1, 0.15) is 11.9 Å². The van der Waals surface area contributed by atoms with Crippen LogP contribution in [0.25, 0.3) is 11.0 Å². The summed E-state index contributed by atoms with van der Waals surface area (Å²) < 4.78 is 1.91. The number of para-hydroxylation sites is 2. The SMILES string of the molecule is C#CCn1c(C(O)CCC)nc2ccccc21. The van der Waals surface area contributed by atoms with Crippen molar-refractivity contribution < 1.29 is 5.11 Å². The molecule has 2 aromatic rings. The van der Waals surface area contributed by atoms with Crippen LogP contribution in [-0.4, -0.2) is 14.7 Å². The largest absolute Gasteiger partial charge is 0.385 e. The van der Waals surface area contributed by atoms with Crippen LogP contribution in [0, 0.1) is 12.3 Å². The number of hydrogen-bond acceptors (Lipinski definition) is 2. The van der Waals surface area contributed by atoms with Crippen LogP contribution < -0.4 is 0 Å². The highest BCUT2D eigenvalue weighted by atomic mass is 16.3. The molecule has 0 bridgehead atoms. The van der Waals surface area contributed by atoms with E-state index in [9.17, 15) is 5.11 Å². The molecule has 17 heavy (non-hydrogen) atoms. The Labute approximate surface area is 101 Å². The van der Waals surface area contributed by atoms with Crippen LogP contribution in [0.5, 0.6) is 0 Å². The molecule has 1 atom stereocenters. The molecule has 1 aromatic heterocycles. The summed E-state index contributed by atoms with van der Waals surface area (Å²) in [6.07, 6.45) is 6.45. The van der Waals surface area contributed by atoms with Crippen molar-refractivity contribution in [1.82, 2.24) is 9.55 Å². The van der Waals surface area contributed by atoms with Crippen molar-refractivity contribution in [1.29, 1.82) is 0 Å². The van der Waals surface area contributed by atoms with E-state index in [0.29, 0.717) is 18.8 Å². The Balaban J connectivity index is 2.54. The Bertz CT molecular complexity index is 551. The summed E-state index contributed by atoms with van der Waals surface area (Å²) in [4.78, 5) is 4.47. The Morgan fingerprint density at radius 2 is 2.24 bits per heavy atom. The van der Waals surface area contributed by atoms with E-state index in [1.54, 1.807) is 0 Å². The van der Waals surface area contributed by atoms with Crippen LogP contribution in [0.3, 0.4) is 0 Å². The van der Waals surface area contributed by atoms with Crippen LogP contribution in [0.4, 0.5) is 0 Å². The van der Waals surface area contributed by atoms with Gasteiger partial charge in [0.2, 0.25) is 0 Å². The fraction of sp³-hybridized carbons (Fsp3) is 0.357. The summed E-state index contributed by atoms with van der Waals surface area (Å²) in [6, 6.07) is 7.80. The highest BCUT2D eigenvalue weighted by Gasteiger charge is 2.16. The van der Waals surface area contributed by atoms with Crippen LogP contribution in [-0.2, 0) is 6.54 Å². The Kier molecular flexibility index (Phi) is 3.46.